The van der Waals surface area contributed by atoms with Crippen molar-refractivity contribution in [3.05, 3.63) is 77.9 Å². The van der Waals surface area contributed by atoms with Gasteiger partial charge in [0.25, 0.3) is 0 Å². The fourth-order valence-electron chi connectivity index (χ4n) is 2.19. The monoisotopic (exact) mass is 281 g/mol. The first-order valence-electron chi connectivity index (χ1n) is 7.44. The molecule has 2 nitrogen and oxygen atoms in total. The summed E-state index contributed by atoms with van der Waals surface area (Å²) in [6.45, 7) is 2.71. The lowest BCUT2D eigenvalue weighted by molar-refractivity contribution is 0.0304. The Morgan fingerprint density at radius 3 is 2.24 bits per heavy atom. The molecule has 2 rings (SSSR count). The zero-order valence-corrected chi connectivity index (χ0v) is 12.5. The van der Waals surface area contributed by atoms with Gasteiger partial charge in [-0.3, -0.25) is 0 Å². The van der Waals surface area contributed by atoms with Crippen molar-refractivity contribution in [2.75, 3.05) is 0 Å². The topological polar surface area (TPSA) is 35.2 Å². The lowest BCUT2D eigenvalue weighted by atomic mass is 10.1. The molecule has 0 saturated carbocycles. The van der Waals surface area contributed by atoms with Gasteiger partial charge in [-0.1, -0.05) is 79.7 Å². The summed E-state index contributed by atoms with van der Waals surface area (Å²) in [6.07, 6.45) is 5.01. The van der Waals surface area contributed by atoms with Gasteiger partial charge in [0.1, 0.15) is 0 Å². The van der Waals surface area contributed by atoms with Crippen LogP contribution in [-0.2, 0) is 11.3 Å². The molecule has 0 amide bonds. The Morgan fingerprint density at radius 2 is 1.62 bits per heavy atom. The fourth-order valence-corrected chi connectivity index (χ4v) is 2.19. The summed E-state index contributed by atoms with van der Waals surface area (Å²) in [7, 11) is 0. The summed E-state index contributed by atoms with van der Waals surface area (Å²) in [5, 5.41) is 0. The van der Waals surface area contributed by atoms with Crippen LogP contribution in [0.1, 0.15) is 24.5 Å². The standard InChI is InChI=1S/C19H23NO/c1-2-19(21-15-17-11-7-4-8-12-17)18(20)14-13-16-9-5-3-6-10-16/h3-14,18-19H,2,15,20H2,1H3/b14-13-/t18-,19+/m1/s1. The first-order chi connectivity index (χ1) is 10.3. The molecule has 110 valence electrons. The van der Waals surface area contributed by atoms with Crippen LogP contribution in [0.15, 0.2) is 66.7 Å². The Balaban J connectivity index is 1.89. The van der Waals surface area contributed by atoms with Gasteiger partial charge in [0.15, 0.2) is 0 Å². The van der Waals surface area contributed by atoms with E-state index in [2.05, 4.69) is 37.3 Å². The molecule has 2 aromatic rings. The van der Waals surface area contributed by atoms with E-state index in [9.17, 15) is 0 Å². The third kappa shape index (κ3) is 5.18. The molecule has 0 fully saturated rings. The molecule has 0 aromatic heterocycles. The van der Waals surface area contributed by atoms with Crippen LogP contribution in [-0.4, -0.2) is 12.1 Å². The molecule has 0 saturated heterocycles. The molecule has 0 spiro atoms. The Labute approximate surface area is 127 Å². The molecule has 0 heterocycles. The van der Waals surface area contributed by atoms with Crippen molar-refractivity contribution in [1.29, 1.82) is 0 Å². The maximum atomic E-state index is 6.23. The molecule has 21 heavy (non-hydrogen) atoms. The molecule has 0 aliphatic heterocycles. The molecule has 2 N–H and O–H groups in total. The lowest BCUT2D eigenvalue weighted by Gasteiger charge is -2.20. The van der Waals surface area contributed by atoms with Crippen molar-refractivity contribution < 1.29 is 4.74 Å². The van der Waals surface area contributed by atoms with Crippen LogP contribution < -0.4 is 5.73 Å². The van der Waals surface area contributed by atoms with Gasteiger partial charge in [-0.15, -0.1) is 0 Å². The summed E-state index contributed by atoms with van der Waals surface area (Å²) < 4.78 is 5.95. The van der Waals surface area contributed by atoms with E-state index in [0.29, 0.717) is 6.61 Å². The number of hydrogen-bond acceptors (Lipinski definition) is 2. The third-order valence-electron chi connectivity index (χ3n) is 3.45. The molecule has 0 aliphatic rings. The molecule has 2 heteroatoms. The van der Waals surface area contributed by atoms with Crippen LogP contribution in [0.3, 0.4) is 0 Å². The molecule has 2 atom stereocenters. The van der Waals surface area contributed by atoms with Gasteiger partial charge in [-0.05, 0) is 17.5 Å². The van der Waals surface area contributed by atoms with Crippen molar-refractivity contribution in [3.63, 3.8) is 0 Å². The zero-order valence-electron chi connectivity index (χ0n) is 12.5. The average molecular weight is 281 g/mol. The van der Waals surface area contributed by atoms with Gasteiger partial charge in [-0.2, -0.15) is 0 Å². The molecule has 2 aromatic carbocycles. The number of hydrogen-bond donors (Lipinski definition) is 1. The Kier molecular flexibility index (Phi) is 6.20. The highest BCUT2D eigenvalue weighted by atomic mass is 16.5. The summed E-state index contributed by atoms with van der Waals surface area (Å²) in [6, 6.07) is 20.3. The van der Waals surface area contributed by atoms with Gasteiger partial charge in [-0.25, -0.2) is 0 Å². The van der Waals surface area contributed by atoms with Gasteiger partial charge in [0.05, 0.1) is 12.7 Å². The quantitative estimate of drug-likeness (QED) is 0.832. The first kappa shape index (κ1) is 15.5. The van der Waals surface area contributed by atoms with Gasteiger partial charge < -0.3 is 10.5 Å². The van der Waals surface area contributed by atoms with E-state index >= 15 is 0 Å². The van der Waals surface area contributed by atoms with Crippen molar-refractivity contribution in [1.82, 2.24) is 0 Å². The van der Waals surface area contributed by atoms with Crippen molar-refractivity contribution >= 4 is 6.08 Å². The van der Waals surface area contributed by atoms with E-state index in [0.717, 1.165) is 12.0 Å². The van der Waals surface area contributed by atoms with Gasteiger partial charge >= 0.3 is 0 Å². The van der Waals surface area contributed by atoms with Crippen LogP contribution in [0, 0.1) is 0 Å². The summed E-state index contributed by atoms with van der Waals surface area (Å²) in [4.78, 5) is 0. The minimum atomic E-state index is -0.0982. The second kappa shape index (κ2) is 8.40. The minimum Gasteiger partial charge on any atom is -0.372 e. The highest BCUT2D eigenvalue weighted by Crippen LogP contribution is 2.10. The number of rotatable bonds is 7. The smallest absolute Gasteiger partial charge is 0.0763 e. The van der Waals surface area contributed by atoms with E-state index in [-0.39, 0.29) is 12.1 Å². The molecular weight excluding hydrogens is 258 g/mol. The van der Waals surface area contributed by atoms with E-state index in [1.807, 2.05) is 42.5 Å². The zero-order chi connectivity index (χ0) is 14.9. The van der Waals surface area contributed by atoms with Crippen LogP contribution >= 0.6 is 0 Å². The van der Waals surface area contributed by atoms with E-state index in [1.54, 1.807) is 0 Å². The Hall–Kier alpha value is -1.90. The van der Waals surface area contributed by atoms with Crippen molar-refractivity contribution in [2.45, 2.75) is 32.1 Å². The van der Waals surface area contributed by atoms with Crippen molar-refractivity contribution in [2.24, 2.45) is 5.73 Å². The maximum Gasteiger partial charge on any atom is 0.0763 e. The largest absolute Gasteiger partial charge is 0.372 e. The molecule has 0 bridgehead atoms. The number of ether oxygens (including phenoxy) is 1. The summed E-state index contributed by atoms with van der Waals surface area (Å²) in [5.74, 6) is 0. The third-order valence-corrected chi connectivity index (χ3v) is 3.45. The second-order valence-corrected chi connectivity index (χ2v) is 5.09. The number of nitrogens with two attached hydrogens (primary N) is 1. The van der Waals surface area contributed by atoms with Gasteiger partial charge in [0, 0.05) is 6.04 Å². The highest BCUT2D eigenvalue weighted by Gasteiger charge is 2.13. The van der Waals surface area contributed by atoms with Crippen LogP contribution in [0.5, 0.6) is 0 Å². The predicted molar refractivity (Wildman–Crippen MR) is 88.8 cm³/mol. The van der Waals surface area contributed by atoms with E-state index in [4.69, 9.17) is 10.5 Å². The number of benzene rings is 2. The Bertz CT molecular complexity index is 536. The van der Waals surface area contributed by atoms with Crippen LogP contribution in [0.25, 0.3) is 6.08 Å². The first-order valence-corrected chi connectivity index (χ1v) is 7.44. The van der Waals surface area contributed by atoms with E-state index < -0.39 is 0 Å². The SMILES string of the molecule is CC[C@H](OCc1ccccc1)[C@H](N)/C=C\c1ccccc1. The maximum absolute atomic E-state index is 6.23. The highest BCUT2D eigenvalue weighted by molar-refractivity contribution is 5.49. The van der Waals surface area contributed by atoms with Crippen LogP contribution in [0.4, 0.5) is 0 Å². The fraction of sp³-hybridized carbons (Fsp3) is 0.263. The van der Waals surface area contributed by atoms with Crippen molar-refractivity contribution in [3.8, 4) is 0 Å². The van der Waals surface area contributed by atoms with Gasteiger partial charge in [0.2, 0.25) is 0 Å². The average Bonchev–Trinajstić information content (AvgIpc) is 2.55. The molecule has 0 unspecified atom stereocenters. The van der Waals surface area contributed by atoms with E-state index in [1.165, 1.54) is 5.56 Å². The predicted octanol–water partition coefficient (Wildman–Crippen LogP) is 4.02. The molecule has 0 aliphatic carbocycles. The molecule has 0 radical (unpaired) electrons. The Morgan fingerprint density at radius 1 is 1.00 bits per heavy atom. The normalized spacial score (nSPS) is 14.2. The summed E-state index contributed by atoms with van der Waals surface area (Å²) in [5.41, 5.74) is 8.56. The minimum absolute atomic E-state index is 0.0326. The van der Waals surface area contributed by atoms with Crippen LogP contribution in [0.2, 0.25) is 0 Å². The second-order valence-electron chi connectivity index (χ2n) is 5.09. The lowest BCUT2D eigenvalue weighted by Crippen LogP contribution is -2.34. The molecular formula is C19H23NO. The summed E-state index contributed by atoms with van der Waals surface area (Å²) >= 11 is 0.